The Morgan fingerprint density at radius 1 is 1.12 bits per heavy atom. The number of nitrogens with two attached hydrogens (primary N) is 1. The number of aliphatic hydroxyl groups excluding tert-OH is 1. The van der Waals surface area contributed by atoms with E-state index in [1.807, 2.05) is 37.3 Å². The van der Waals surface area contributed by atoms with Gasteiger partial charge in [0.25, 0.3) is 0 Å². The van der Waals surface area contributed by atoms with Crippen LogP contribution in [0.3, 0.4) is 0 Å². The van der Waals surface area contributed by atoms with Crippen molar-refractivity contribution in [1.29, 1.82) is 0 Å². The molecule has 0 bridgehead atoms. The fourth-order valence-electron chi connectivity index (χ4n) is 2.12. The van der Waals surface area contributed by atoms with Crippen molar-refractivity contribution in [3.05, 3.63) is 48.0 Å². The number of benzene rings is 2. The highest BCUT2D eigenvalue weighted by Gasteiger charge is 2.13. The lowest BCUT2D eigenvalue weighted by atomic mass is 9.96. The number of rotatable bonds is 4. The van der Waals surface area contributed by atoms with Crippen LogP contribution in [0, 0.1) is 0 Å². The molecule has 0 radical (unpaired) electrons. The summed E-state index contributed by atoms with van der Waals surface area (Å²) >= 11 is 0. The van der Waals surface area contributed by atoms with Gasteiger partial charge in [-0.25, -0.2) is 0 Å². The maximum Gasteiger partial charge on any atom is 0.0810 e. The van der Waals surface area contributed by atoms with Gasteiger partial charge in [-0.15, -0.1) is 0 Å². The van der Waals surface area contributed by atoms with Crippen LogP contribution in [-0.4, -0.2) is 11.1 Å². The summed E-state index contributed by atoms with van der Waals surface area (Å²) in [5, 5.41) is 12.5. The molecule has 0 saturated carbocycles. The number of hydrogen-bond acceptors (Lipinski definition) is 2. The number of hydrogen-bond donors (Lipinski definition) is 2. The normalized spacial score (nSPS) is 14.8. The van der Waals surface area contributed by atoms with Crippen LogP contribution >= 0.6 is 0 Å². The van der Waals surface area contributed by atoms with Crippen LogP contribution in [0.15, 0.2) is 42.5 Å². The minimum absolute atomic E-state index is 0.0592. The smallest absolute Gasteiger partial charge is 0.0810 e. The van der Waals surface area contributed by atoms with E-state index >= 15 is 0 Å². The average molecular weight is 229 g/mol. The summed E-state index contributed by atoms with van der Waals surface area (Å²) in [5.74, 6) is 0. The second-order valence-corrected chi connectivity index (χ2v) is 4.49. The van der Waals surface area contributed by atoms with Crippen LogP contribution in [0.1, 0.15) is 31.4 Å². The summed E-state index contributed by atoms with van der Waals surface area (Å²) in [6.07, 6.45) is 1.03. The van der Waals surface area contributed by atoms with E-state index in [-0.39, 0.29) is 6.04 Å². The third-order valence-electron chi connectivity index (χ3n) is 3.23. The monoisotopic (exact) mass is 229 g/mol. The van der Waals surface area contributed by atoms with Gasteiger partial charge < -0.3 is 10.8 Å². The van der Waals surface area contributed by atoms with Crippen molar-refractivity contribution in [2.24, 2.45) is 5.73 Å². The Hall–Kier alpha value is -1.38. The molecule has 2 unspecified atom stereocenters. The molecule has 2 heteroatoms. The van der Waals surface area contributed by atoms with E-state index in [4.69, 9.17) is 5.73 Å². The molecule has 0 aliphatic heterocycles. The van der Waals surface area contributed by atoms with Gasteiger partial charge in [0.1, 0.15) is 0 Å². The maximum absolute atomic E-state index is 10.2. The van der Waals surface area contributed by atoms with Gasteiger partial charge in [0, 0.05) is 6.04 Å². The molecule has 2 rings (SSSR count). The summed E-state index contributed by atoms with van der Waals surface area (Å²) in [5.41, 5.74) is 6.87. The van der Waals surface area contributed by atoms with Crippen molar-refractivity contribution >= 4 is 10.8 Å². The minimum atomic E-state index is -0.476. The Labute approximate surface area is 102 Å². The first-order chi connectivity index (χ1) is 8.22. The van der Waals surface area contributed by atoms with Crippen molar-refractivity contribution in [3.8, 4) is 0 Å². The van der Waals surface area contributed by atoms with Crippen LogP contribution in [0.4, 0.5) is 0 Å². The van der Waals surface area contributed by atoms with Gasteiger partial charge in [0.05, 0.1) is 6.10 Å². The first-order valence-electron chi connectivity index (χ1n) is 6.13. The summed E-state index contributed by atoms with van der Waals surface area (Å²) < 4.78 is 0. The fraction of sp³-hybridized carbons (Fsp3) is 0.333. The number of aliphatic hydroxyl groups is 1. The molecule has 0 saturated heterocycles. The summed E-state index contributed by atoms with van der Waals surface area (Å²) in [4.78, 5) is 0. The summed E-state index contributed by atoms with van der Waals surface area (Å²) in [7, 11) is 0. The molecule has 2 atom stereocenters. The molecule has 17 heavy (non-hydrogen) atoms. The van der Waals surface area contributed by atoms with Crippen molar-refractivity contribution in [3.63, 3.8) is 0 Å². The molecular weight excluding hydrogens is 210 g/mol. The summed E-state index contributed by atoms with van der Waals surface area (Å²) in [6, 6.07) is 14.2. The predicted molar refractivity (Wildman–Crippen MR) is 71.8 cm³/mol. The van der Waals surface area contributed by atoms with Gasteiger partial charge in [-0.2, -0.15) is 0 Å². The van der Waals surface area contributed by atoms with Crippen LogP contribution < -0.4 is 5.73 Å². The molecule has 0 heterocycles. The molecule has 2 aromatic carbocycles. The highest BCUT2D eigenvalue weighted by molar-refractivity contribution is 5.85. The van der Waals surface area contributed by atoms with Crippen molar-refractivity contribution in [2.75, 3.05) is 0 Å². The first kappa shape index (κ1) is 12.1. The minimum Gasteiger partial charge on any atom is -0.388 e. The summed E-state index contributed by atoms with van der Waals surface area (Å²) in [6.45, 7) is 2.04. The van der Waals surface area contributed by atoms with Crippen LogP contribution in [0.5, 0.6) is 0 Å². The lowest BCUT2D eigenvalue weighted by molar-refractivity contribution is 0.158. The molecule has 0 aromatic heterocycles. The van der Waals surface area contributed by atoms with E-state index in [1.165, 1.54) is 0 Å². The quantitative estimate of drug-likeness (QED) is 0.846. The van der Waals surface area contributed by atoms with Crippen LogP contribution in [-0.2, 0) is 0 Å². The van der Waals surface area contributed by atoms with Crippen molar-refractivity contribution in [1.82, 2.24) is 0 Å². The van der Waals surface area contributed by atoms with Crippen molar-refractivity contribution < 1.29 is 5.11 Å². The Morgan fingerprint density at radius 3 is 2.59 bits per heavy atom. The lowest BCUT2D eigenvalue weighted by Gasteiger charge is -2.17. The molecule has 2 aromatic rings. The topological polar surface area (TPSA) is 46.2 Å². The lowest BCUT2D eigenvalue weighted by Crippen LogP contribution is -2.21. The van der Waals surface area contributed by atoms with Crippen LogP contribution in [0.2, 0.25) is 0 Å². The molecule has 0 fully saturated rings. The Bertz CT molecular complexity index is 490. The molecule has 0 aliphatic rings. The molecule has 90 valence electrons. The molecule has 0 amide bonds. The fourth-order valence-corrected chi connectivity index (χ4v) is 2.12. The van der Waals surface area contributed by atoms with E-state index < -0.39 is 6.10 Å². The van der Waals surface area contributed by atoms with E-state index in [9.17, 15) is 5.11 Å². The predicted octanol–water partition coefficient (Wildman–Crippen LogP) is 3.00. The third-order valence-corrected chi connectivity index (χ3v) is 3.23. The van der Waals surface area contributed by atoms with E-state index in [1.54, 1.807) is 0 Å². The van der Waals surface area contributed by atoms with Gasteiger partial charge in [-0.3, -0.25) is 0 Å². The van der Waals surface area contributed by atoms with Gasteiger partial charge in [-0.05, 0) is 29.2 Å². The van der Waals surface area contributed by atoms with Gasteiger partial charge in [0.2, 0.25) is 0 Å². The Morgan fingerprint density at radius 2 is 1.82 bits per heavy atom. The van der Waals surface area contributed by atoms with E-state index in [0.29, 0.717) is 6.42 Å². The molecule has 2 nitrogen and oxygen atoms in total. The second-order valence-electron chi connectivity index (χ2n) is 4.49. The van der Waals surface area contributed by atoms with Crippen LogP contribution in [0.25, 0.3) is 10.8 Å². The van der Waals surface area contributed by atoms with E-state index in [2.05, 4.69) is 12.1 Å². The highest BCUT2D eigenvalue weighted by Crippen LogP contribution is 2.26. The Kier molecular flexibility index (Phi) is 3.77. The largest absolute Gasteiger partial charge is 0.388 e. The molecule has 3 N–H and O–H groups in total. The van der Waals surface area contributed by atoms with E-state index in [0.717, 1.165) is 22.8 Å². The van der Waals surface area contributed by atoms with Gasteiger partial charge in [0.15, 0.2) is 0 Å². The van der Waals surface area contributed by atoms with Gasteiger partial charge in [-0.1, -0.05) is 49.4 Å². The third kappa shape index (κ3) is 2.65. The average Bonchev–Trinajstić information content (AvgIpc) is 2.37. The highest BCUT2D eigenvalue weighted by atomic mass is 16.3. The first-order valence-corrected chi connectivity index (χ1v) is 6.13. The Balaban J connectivity index is 2.34. The van der Waals surface area contributed by atoms with Gasteiger partial charge >= 0.3 is 0 Å². The molecular formula is C15H19NO. The zero-order valence-electron chi connectivity index (χ0n) is 10.1. The SMILES string of the molecule is CCC(N)CC(O)c1cccc2ccccc12. The van der Waals surface area contributed by atoms with Crippen molar-refractivity contribution in [2.45, 2.75) is 31.9 Å². The maximum atomic E-state index is 10.2. The zero-order valence-corrected chi connectivity index (χ0v) is 10.1. The number of fused-ring (bicyclic) bond motifs is 1. The molecule has 0 spiro atoms. The standard InChI is InChI=1S/C15H19NO/c1-2-12(16)10-15(17)14-9-5-7-11-6-3-4-8-13(11)14/h3-9,12,15,17H,2,10,16H2,1H3. The molecule has 0 aliphatic carbocycles. The zero-order chi connectivity index (χ0) is 12.3. The second kappa shape index (κ2) is 5.30.